The van der Waals surface area contributed by atoms with E-state index in [9.17, 15) is 14.3 Å². The van der Waals surface area contributed by atoms with Crippen LogP contribution in [0.25, 0.3) is 0 Å². The van der Waals surface area contributed by atoms with Crippen molar-refractivity contribution in [2.24, 2.45) is 0 Å². The number of amides is 2. The minimum atomic E-state index is -0.990. The summed E-state index contributed by atoms with van der Waals surface area (Å²) in [7, 11) is 1.55. The van der Waals surface area contributed by atoms with Crippen LogP contribution in [0.3, 0.4) is 0 Å². The molecule has 1 rings (SSSR count). The number of rotatable bonds is 5. The lowest BCUT2D eigenvalue weighted by Crippen LogP contribution is -2.41. The maximum absolute atomic E-state index is 13.6. The monoisotopic (exact) mass is 284 g/mol. The molecule has 2 N–H and O–H groups in total. The van der Waals surface area contributed by atoms with E-state index in [1.54, 1.807) is 33.9 Å². The van der Waals surface area contributed by atoms with E-state index in [4.69, 9.17) is 4.74 Å². The van der Waals surface area contributed by atoms with Gasteiger partial charge in [-0.15, -0.1) is 0 Å². The number of carbonyl (C=O) groups excluding carboxylic acids is 1. The number of ether oxygens (including phenoxy) is 1. The van der Waals surface area contributed by atoms with Crippen molar-refractivity contribution in [3.63, 3.8) is 0 Å². The molecule has 1 aromatic rings. The van der Waals surface area contributed by atoms with Gasteiger partial charge >= 0.3 is 6.03 Å². The van der Waals surface area contributed by atoms with E-state index >= 15 is 0 Å². The number of aliphatic hydroxyl groups is 1. The normalized spacial score (nSPS) is 11.1. The lowest BCUT2D eigenvalue weighted by molar-refractivity contribution is 0.0550. The summed E-state index contributed by atoms with van der Waals surface area (Å²) < 4.78 is 18.7. The number of carbonyl (C=O) groups is 1. The Hall–Kier alpha value is -1.82. The largest absolute Gasteiger partial charge is 0.491 e. The Kier molecular flexibility index (Phi) is 5.33. The van der Waals surface area contributed by atoms with E-state index < -0.39 is 17.4 Å². The van der Waals surface area contributed by atoms with Crippen LogP contribution in [0, 0.1) is 5.82 Å². The molecular weight excluding hydrogens is 263 g/mol. The van der Waals surface area contributed by atoms with Gasteiger partial charge in [-0.1, -0.05) is 0 Å². The molecule has 0 unspecified atom stereocenters. The quantitative estimate of drug-likeness (QED) is 0.873. The smallest absolute Gasteiger partial charge is 0.321 e. The molecular formula is C14H21FN2O3. The predicted octanol–water partition coefficient (Wildman–Crippen LogP) is 2.46. The van der Waals surface area contributed by atoms with Gasteiger partial charge in [-0.3, -0.25) is 0 Å². The molecule has 0 aliphatic carbocycles. The number of nitrogens with one attached hydrogen (secondary N) is 1. The van der Waals surface area contributed by atoms with Crippen LogP contribution in [0.2, 0.25) is 0 Å². The summed E-state index contributed by atoms with van der Waals surface area (Å²) in [5, 5.41) is 12.2. The van der Waals surface area contributed by atoms with Gasteiger partial charge in [-0.25, -0.2) is 9.18 Å². The topological polar surface area (TPSA) is 61.8 Å². The minimum Gasteiger partial charge on any atom is -0.491 e. The first kappa shape index (κ1) is 16.2. The van der Waals surface area contributed by atoms with Crippen molar-refractivity contribution in [2.75, 3.05) is 25.5 Å². The molecule has 0 bridgehead atoms. The van der Waals surface area contributed by atoms with Gasteiger partial charge < -0.3 is 20.1 Å². The van der Waals surface area contributed by atoms with Crippen molar-refractivity contribution in [3.8, 4) is 5.75 Å². The number of hydrogen-bond acceptors (Lipinski definition) is 3. The summed E-state index contributed by atoms with van der Waals surface area (Å²) in [4.78, 5) is 13.2. The highest BCUT2D eigenvalue weighted by atomic mass is 19.1. The van der Waals surface area contributed by atoms with Crippen LogP contribution >= 0.6 is 0 Å². The van der Waals surface area contributed by atoms with E-state index in [0.29, 0.717) is 12.3 Å². The molecule has 0 spiro atoms. The lowest BCUT2D eigenvalue weighted by atomic mass is 10.1. The molecule has 20 heavy (non-hydrogen) atoms. The Morgan fingerprint density at radius 3 is 2.65 bits per heavy atom. The van der Waals surface area contributed by atoms with Crippen LogP contribution in [-0.4, -0.2) is 41.8 Å². The summed E-state index contributed by atoms with van der Waals surface area (Å²) in [6, 6.07) is 3.80. The SMILES string of the molecule is CCOc1ccc(NC(=O)N(C)CC(C)(C)O)cc1F. The molecule has 0 radical (unpaired) electrons. The van der Waals surface area contributed by atoms with Gasteiger partial charge in [0, 0.05) is 18.8 Å². The molecule has 5 nitrogen and oxygen atoms in total. The molecule has 0 fully saturated rings. The molecule has 0 saturated heterocycles. The Morgan fingerprint density at radius 1 is 1.50 bits per heavy atom. The summed E-state index contributed by atoms with van der Waals surface area (Å²) in [5.74, 6) is -0.384. The molecule has 6 heteroatoms. The molecule has 1 aromatic carbocycles. The second-order valence-corrected chi connectivity index (χ2v) is 5.18. The van der Waals surface area contributed by atoms with Crippen LogP contribution in [0.4, 0.5) is 14.9 Å². The summed E-state index contributed by atoms with van der Waals surface area (Å²) in [6.45, 7) is 5.51. The predicted molar refractivity (Wildman–Crippen MR) is 75.5 cm³/mol. The van der Waals surface area contributed by atoms with Crippen LogP contribution < -0.4 is 10.1 Å². The molecule has 0 atom stereocenters. The first-order chi connectivity index (χ1) is 9.23. The van der Waals surface area contributed by atoms with Gasteiger partial charge in [-0.2, -0.15) is 0 Å². The number of urea groups is 1. The van der Waals surface area contributed by atoms with Gasteiger partial charge in [0.05, 0.1) is 18.8 Å². The van der Waals surface area contributed by atoms with Crippen molar-refractivity contribution in [1.82, 2.24) is 4.90 Å². The van der Waals surface area contributed by atoms with Crippen LogP contribution in [0.15, 0.2) is 18.2 Å². The Bertz CT molecular complexity index is 472. The molecule has 0 aromatic heterocycles. The average Bonchev–Trinajstić information content (AvgIpc) is 2.30. The standard InChI is InChI=1S/C14H21FN2O3/c1-5-20-12-7-6-10(8-11(12)15)16-13(18)17(4)9-14(2,3)19/h6-8,19H,5,9H2,1-4H3,(H,16,18). The number of halogens is 1. The molecule has 0 saturated carbocycles. The number of hydrogen-bond donors (Lipinski definition) is 2. The summed E-state index contributed by atoms with van der Waals surface area (Å²) >= 11 is 0. The minimum absolute atomic E-state index is 0.148. The number of anilines is 1. The number of likely N-dealkylation sites (N-methyl/N-ethyl adjacent to an activating group) is 1. The van der Waals surface area contributed by atoms with Crippen LogP contribution in [0.5, 0.6) is 5.75 Å². The molecule has 2 amide bonds. The highest BCUT2D eigenvalue weighted by Gasteiger charge is 2.19. The van der Waals surface area contributed by atoms with E-state index in [1.807, 2.05) is 0 Å². The summed E-state index contributed by atoms with van der Waals surface area (Å²) in [6.07, 6.45) is 0. The highest BCUT2D eigenvalue weighted by Crippen LogP contribution is 2.21. The van der Waals surface area contributed by atoms with E-state index in [2.05, 4.69) is 5.32 Å². The van der Waals surface area contributed by atoms with Crippen molar-refractivity contribution in [1.29, 1.82) is 0 Å². The highest BCUT2D eigenvalue weighted by molar-refractivity contribution is 5.89. The fraction of sp³-hybridized carbons (Fsp3) is 0.500. The third-order valence-electron chi connectivity index (χ3n) is 2.45. The van der Waals surface area contributed by atoms with Gasteiger partial charge in [0.1, 0.15) is 0 Å². The van der Waals surface area contributed by atoms with E-state index in [1.165, 1.54) is 17.0 Å². The van der Waals surface area contributed by atoms with Crippen LogP contribution in [0.1, 0.15) is 20.8 Å². The van der Waals surface area contributed by atoms with Crippen molar-refractivity contribution >= 4 is 11.7 Å². The lowest BCUT2D eigenvalue weighted by Gasteiger charge is -2.25. The fourth-order valence-electron chi connectivity index (χ4n) is 1.72. The molecule has 0 aliphatic rings. The molecule has 0 heterocycles. The van der Waals surface area contributed by atoms with Gasteiger partial charge in [0.25, 0.3) is 0 Å². The molecule has 112 valence electrons. The average molecular weight is 284 g/mol. The number of nitrogens with zero attached hydrogens (tertiary/aromatic N) is 1. The summed E-state index contributed by atoms with van der Waals surface area (Å²) in [5.41, 5.74) is -0.658. The maximum Gasteiger partial charge on any atom is 0.321 e. The Morgan fingerprint density at radius 2 is 2.15 bits per heavy atom. The third kappa shape index (κ3) is 5.05. The van der Waals surface area contributed by atoms with Crippen molar-refractivity contribution in [2.45, 2.75) is 26.4 Å². The second-order valence-electron chi connectivity index (χ2n) is 5.18. The Balaban J connectivity index is 2.69. The van der Waals surface area contributed by atoms with E-state index in [-0.39, 0.29) is 12.3 Å². The first-order valence-corrected chi connectivity index (χ1v) is 6.40. The maximum atomic E-state index is 13.6. The molecule has 0 aliphatic heterocycles. The first-order valence-electron chi connectivity index (χ1n) is 6.40. The zero-order valence-electron chi connectivity index (χ0n) is 12.2. The fourth-order valence-corrected chi connectivity index (χ4v) is 1.72. The van der Waals surface area contributed by atoms with Gasteiger partial charge in [-0.05, 0) is 32.9 Å². The van der Waals surface area contributed by atoms with Crippen molar-refractivity contribution in [3.05, 3.63) is 24.0 Å². The zero-order chi connectivity index (χ0) is 15.3. The van der Waals surface area contributed by atoms with Crippen molar-refractivity contribution < 1.29 is 19.0 Å². The van der Waals surface area contributed by atoms with E-state index in [0.717, 1.165) is 0 Å². The van der Waals surface area contributed by atoms with Gasteiger partial charge in [0.2, 0.25) is 0 Å². The zero-order valence-corrected chi connectivity index (χ0v) is 12.2. The second kappa shape index (κ2) is 6.56. The number of benzene rings is 1. The van der Waals surface area contributed by atoms with Crippen LogP contribution in [-0.2, 0) is 0 Å². The Labute approximate surface area is 118 Å². The third-order valence-corrected chi connectivity index (χ3v) is 2.45. The van der Waals surface area contributed by atoms with Gasteiger partial charge in [0.15, 0.2) is 11.6 Å².